The van der Waals surface area contributed by atoms with Gasteiger partial charge < -0.3 is 8.94 Å². The largest absolute Gasteiger partial charge is 0.420 e. The Kier molecular flexibility index (Phi) is 6.11. The molecule has 1 aromatic carbocycles. The van der Waals surface area contributed by atoms with Crippen molar-refractivity contribution >= 4 is 21.1 Å². The number of rotatable bonds is 6. The summed E-state index contributed by atoms with van der Waals surface area (Å²) in [6.07, 6.45) is 6.86. The number of hydrogen-bond acceptors (Lipinski definition) is 8. The zero-order chi connectivity index (χ0) is 23.0. The molecule has 10 nitrogen and oxygen atoms in total. The van der Waals surface area contributed by atoms with E-state index in [2.05, 4.69) is 15.0 Å². The van der Waals surface area contributed by atoms with E-state index in [1.54, 1.807) is 6.07 Å². The van der Waals surface area contributed by atoms with Gasteiger partial charge in [-0.2, -0.15) is 9.29 Å². The molecule has 11 heteroatoms. The van der Waals surface area contributed by atoms with Crippen LogP contribution in [0.25, 0.3) is 11.1 Å². The molecule has 2 aliphatic rings. The van der Waals surface area contributed by atoms with Crippen molar-refractivity contribution in [3.05, 3.63) is 40.5 Å². The third-order valence-electron chi connectivity index (χ3n) is 6.75. The molecule has 0 radical (unpaired) electrons. The summed E-state index contributed by atoms with van der Waals surface area (Å²) in [4.78, 5) is 19.2. The molecular formula is C22H29N5O5S. The molecule has 2 aromatic heterocycles. The number of aromatic nitrogens is 3. The lowest BCUT2D eigenvalue weighted by Gasteiger charge is -2.40. The van der Waals surface area contributed by atoms with Crippen molar-refractivity contribution in [1.29, 1.82) is 0 Å². The molecule has 33 heavy (non-hydrogen) atoms. The molecule has 0 bridgehead atoms. The summed E-state index contributed by atoms with van der Waals surface area (Å²) in [7, 11) is -3.67. The fraction of sp³-hybridized carbons (Fsp3) is 0.591. The molecule has 0 N–H and O–H groups in total. The van der Waals surface area contributed by atoms with Crippen molar-refractivity contribution in [2.24, 2.45) is 0 Å². The van der Waals surface area contributed by atoms with E-state index >= 15 is 0 Å². The van der Waals surface area contributed by atoms with Crippen molar-refractivity contribution in [1.82, 2.24) is 23.9 Å². The zero-order valence-corrected chi connectivity index (χ0v) is 19.6. The average molecular weight is 476 g/mol. The summed E-state index contributed by atoms with van der Waals surface area (Å²) >= 11 is 0. The van der Waals surface area contributed by atoms with Gasteiger partial charge in [-0.25, -0.2) is 13.2 Å². The van der Waals surface area contributed by atoms with Gasteiger partial charge in [-0.3, -0.25) is 9.47 Å². The number of benzene rings is 1. The maximum atomic E-state index is 13.3. The molecular weight excluding hydrogens is 446 g/mol. The highest BCUT2D eigenvalue weighted by Gasteiger charge is 2.32. The molecule has 2 fully saturated rings. The van der Waals surface area contributed by atoms with Crippen LogP contribution in [0.1, 0.15) is 50.7 Å². The zero-order valence-electron chi connectivity index (χ0n) is 18.8. The van der Waals surface area contributed by atoms with Crippen LogP contribution in [0, 0.1) is 0 Å². The van der Waals surface area contributed by atoms with E-state index in [-0.39, 0.29) is 17.0 Å². The number of aryl methyl sites for hydroxylation is 1. The number of oxazole rings is 1. The fourth-order valence-corrected chi connectivity index (χ4v) is 6.34. The van der Waals surface area contributed by atoms with Crippen LogP contribution in [-0.2, 0) is 23.0 Å². The molecule has 0 spiro atoms. The van der Waals surface area contributed by atoms with Crippen molar-refractivity contribution in [2.75, 3.05) is 26.2 Å². The maximum Gasteiger partial charge on any atom is 0.420 e. The second kappa shape index (κ2) is 9.03. The molecule has 1 aliphatic carbocycles. The van der Waals surface area contributed by atoms with Gasteiger partial charge in [0.25, 0.3) is 0 Å². The molecule has 5 rings (SSSR count). The van der Waals surface area contributed by atoms with Gasteiger partial charge >= 0.3 is 5.76 Å². The van der Waals surface area contributed by atoms with Gasteiger partial charge in [0.15, 0.2) is 11.4 Å². The molecule has 1 aliphatic heterocycles. The minimum Gasteiger partial charge on any atom is -0.408 e. The molecule has 178 valence electrons. The minimum absolute atomic E-state index is 0.0879. The number of sulfonamides is 1. The van der Waals surface area contributed by atoms with E-state index < -0.39 is 15.8 Å². The summed E-state index contributed by atoms with van der Waals surface area (Å²) in [5.41, 5.74) is 0.713. The Bertz CT molecular complexity index is 1280. The van der Waals surface area contributed by atoms with E-state index in [1.165, 1.54) is 53.1 Å². The summed E-state index contributed by atoms with van der Waals surface area (Å²) in [6.45, 7) is 4.43. The third kappa shape index (κ3) is 4.36. The van der Waals surface area contributed by atoms with Gasteiger partial charge in [0, 0.05) is 44.7 Å². The van der Waals surface area contributed by atoms with Crippen molar-refractivity contribution < 1.29 is 17.4 Å². The molecule has 0 amide bonds. The molecule has 1 saturated carbocycles. The number of nitrogens with zero attached hydrogens (tertiary/aromatic N) is 5. The number of hydrogen-bond donors (Lipinski definition) is 0. The van der Waals surface area contributed by atoms with Crippen LogP contribution in [0.2, 0.25) is 0 Å². The second-order valence-electron chi connectivity index (χ2n) is 8.77. The first-order chi connectivity index (χ1) is 16.0. The summed E-state index contributed by atoms with van der Waals surface area (Å²) in [5.74, 6) is 0.260. The van der Waals surface area contributed by atoms with Gasteiger partial charge in [-0.05, 0) is 25.0 Å². The van der Waals surface area contributed by atoms with E-state index in [1.807, 2.05) is 6.92 Å². The van der Waals surface area contributed by atoms with Crippen LogP contribution in [0.15, 0.2) is 36.8 Å². The smallest absolute Gasteiger partial charge is 0.408 e. The Balaban J connectivity index is 1.33. The predicted octanol–water partition coefficient (Wildman–Crippen LogP) is 2.23. The first kappa shape index (κ1) is 22.3. The van der Waals surface area contributed by atoms with Crippen LogP contribution >= 0.6 is 0 Å². The van der Waals surface area contributed by atoms with Crippen molar-refractivity contribution in [3.8, 4) is 0 Å². The van der Waals surface area contributed by atoms with Gasteiger partial charge in [-0.15, -0.1) is 0 Å². The predicted molar refractivity (Wildman–Crippen MR) is 120 cm³/mol. The van der Waals surface area contributed by atoms with Crippen LogP contribution in [-0.4, -0.2) is 64.6 Å². The van der Waals surface area contributed by atoms with E-state index in [9.17, 15) is 13.2 Å². The fourth-order valence-electron chi connectivity index (χ4n) is 4.90. The quantitative estimate of drug-likeness (QED) is 0.533. The third-order valence-corrected chi connectivity index (χ3v) is 8.65. The monoisotopic (exact) mass is 475 g/mol. The van der Waals surface area contributed by atoms with Gasteiger partial charge in [0.05, 0.1) is 17.0 Å². The summed E-state index contributed by atoms with van der Waals surface area (Å²) in [5, 5.41) is 3.87. The van der Waals surface area contributed by atoms with Crippen molar-refractivity contribution in [3.63, 3.8) is 0 Å². The van der Waals surface area contributed by atoms with Crippen LogP contribution in [0.3, 0.4) is 0 Å². The van der Waals surface area contributed by atoms with Crippen LogP contribution < -0.4 is 5.76 Å². The minimum atomic E-state index is -3.67. The normalized spacial score (nSPS) is 19.4. The Labute approximate surface area is 192 Å². The lowest BCUT2D eigenvalue weighted by atomic mass is 9.94. The molecule has 3 heterocycles. The Morgan fingerprint density at radius 2 is 1.85 bits per heavy atom. The van der Waals surface area contributed by atoms with Gasteiger partial charge in [-0.1, -0.05) is 31.3 Å². The van der Waals surface area contributed by atoms with Crippen LogP contribution in [0.4, 0.5) is 0 Å². The van der Waals surface area contributed by atoms with Gasteiger partial charge in [0.1, 0.15) is 0 Å². The second-order valence-corrected chi connectivity index (χ2v) is 10.7. The first-order valence-corrected chi connectivity index (χ1v) is 13.1. The molecule has 1 saturated heterocycles. The molecule has 0 unspecified atom stereocenters. The topological polar surface area (TPSA) is 115 Å². The van der Waals surface area contributed by atoms with E-state index in [0.29, 0.717) is 42.8 Å². The standard InChI is InChI=1S/C22H29N5O5S/c1-2-21-23-20(24-32-21)15-27-18-9-8-17(14-19(18)31-22(27)28)33(29,30)26-12-10-25(11-13-26)16-6-4-3-5-7-16/h8-9,14,16H,2-7,10-13,15H2,1H3. The number of fused-ring (bicyclic) bond motifs is 1. The molecule has 3 aromatic rings. The lowest BCUT2D eigenvalue weighted by molar-refractivity contribution is 0.111. The summed E-state index contributed by atoms with van der Waals surface area (Å²) in [6, 6.07) is 5.15. The van der Waals surface area contributed by atoms with E-state index in [0.717, 1.165) is 13.1 Å². The highest BCUT2D eigenvalue weighted by molar-refractivity contribution is 7.89. The Hall–Kier alpha value is -2.50. The highest BCUT2D eigenvalue weighted by Crippen LogP contribution is 2.26. The summed E-state index contributed by atoms with van der Waals surface area (Å²) < 4.78 is 39.9. The maximum absolute atomic E-state index is 13.3. The SMILES string of the molecule is CCc1nc(Cn2c(=O)oc3cc(S(=O)(=O)N4CCN(C5CCCCC5)CC4)ccc32)no1. The van der Waals surface area contributed by atoms with Crippen LogP contribution in [0.5, 0.6) is 0 Å². The average Bonchev–Trinajstić information content (AvgIpc) is 3.43. The molecule has 0 atom stereocenters. The Morgan fingerprint density at radius 1 is 1.09 bits per heavy atom. The number of piperazine rings is 1. The lowest BCUT2D eigenvalue weighted by Crippen LogP contribution is -2.52. The first-order valence-electron chi connectivity index (χ1n) is 11.6. The Morgan fingerprint density at radius 3 is 2.55 bits per heavy atom. The van der Waals surface area contributed by atoms with Crippen molar-refractivity contribution in [2.45, 2.75) is 62.9 Å². The van der Waals surface area contributed by atoms with E-state index in [4.69, 9.17) is 8.94 Å². The van der Waals surface area contributed by atoms with Gasteiger partial charge in [0.2, 0.25) is 15.9 Å². The highest BCUT2D eigenvalue weighted by atomic mass is 32.2.